The first-order valence-electron chi connectivity index (χ1n) is 11.8. The zero-order valence-corrected chi connectivity index (χ0v) is 20.0. The minimum Gasteiger partial charge on any atom is -0.457 e. The summed E-state index contributed by atoms with van der Waals surface area (Å²) in [5, 5.41) is 2.50. The smallest absolute Gasteiger partial charge is 0.419 e. The minimum atomic E-state index is -4.90. The molecule has 196 valence electrons. The normalized spacial score (nSPS) is 14.4. The molecule has 1 fully saturated rings. The largest absolute Gasteiger partial charge is 0.457 e. The zero-order chi connectivity index (χ0) is 26.7. The number of alkyl halides is 3. The third kappa shape index (κ3) is 6.06. The van der Waals surface area contributed by atoms with Crippen LogP contribution in [0.3, 0.4) is 0 Å². The quantitative estimate of drug-likeness (QED) is 0.327. The number of ether oxygens (including phenoxy) is 2. The van der Waals surface area contributed by atoms with Crippen molar-refractivity contribution in [3.63, 3.8) is 0 Å². The zero-order valence-electron chi connectivity index (χ0n) is 20.0. The van der Waals surface area contributed by atoms with Crippen LogP contribution in [0.5, 0.6) is 11.5 Å². The molecule has 1 aromatic heterocycles. The van der Waals surface area contributed by atoms with Gasteiger partial charge >= 0.3 is 6.18 Å². The average Bonchev–Trinajstić information content (AvgIpc) is 2.90. The van der Waals surface area contributed by atoms with Crippen molar-refractivity contribution in [3.8, 4) is 11.5 Å². The monoisotopic (exact) mass is 526 g/mol. The van der Waals surface area contributed by atoms with Crippen LogP contribution >= 0.6 is 0 Å². The second kappa shape index (κ2) is 10.7. The second-order valence-corrected chi connectivity index (χ2v) is 8.67. The predicted octanol–water partition coefficient (Wildman–Crippen LogP) is 5.66. The summed E-state index contributed by atoms with van der Waals surface area (Å²) in [6.07, 6.45) is -3.14. The number of anilines is 1. The number of benzene rings is 3. The van der Waals surface area contributed by atoms with Crippen molar-refractivity contribution in [2.75, 3.05) is 31.6 Å². The number of rotatable bonds is 6. The molecule has 1 amide bonds. The van der Waals surface area contributed by atoms with Gasteiger partial charge in [-0.05, 0) is 54.6 Å². The number of fused-ring (bicyclic) bond motifs is 1. The number of nitrogens with one attached hydrogen (secondary N) is 1. The van der Waals surface area contributed by atoms with Crippen molar-refractivity contribution >= 4 is 22.6 Å². The number of nitrogens with zero attached hydrogens (tertiary/aromatic N) is 3. The first kappa shape index (κ1) is 25.6. The van der Waals surface area contributed by atoms with Crippen LogP contribution in [0, 0.1) is 5.82 Å². The molecule has 0 aliphatic carbocycles. The van der Waals surface area contributed by atoms with Crippen LogP contribution in [0.15, 0.2) is 66.9 Å². The lowest BCUT2D eigenvalue weighted by Gasteiger charge is -2.26. The molecule has 11 heteroatoms. The molecule has 38 heavy (non-hydrogen) atoms. The van der Waals surface area contributed by atoms with Crippen molar-refractivity contribution in [2.45, 2.75) is 12.7 Å². The molecule has 0 atom stereocenters. The summed E-state index contributed by atoms with van der Waals surface area (Å²) in [7, 11) is 0. The summed E-state index contributed by atoms with van der Waals surface area (Å²) in [4.78, 5) is 23.9. The molecule has 5 rings (SSSR count). The van der Waals surface area contributed by atoms with E-state index in [0.29, 0.717) is 54.6 Å². The molecule has 1 aliphatic rings. The van der Waals surface area contributed by atoms with Crippen LogP contribution in [0.25, 0.3) is 11.0 Å². The first-order chi connectivity index (χ1) is 18.2. The maximum absolute atomic E-state index is 13.5. The van der Waals surface area contributed by atoms with Gasteiger partial charge in [0.2, 0.25) is 0 Å². The van der Waals surface area contributed by atoms with E-state index in [-0.39, 0.29) is 5.56 Å². The second-order valence-electron chi connectivity index (χ2n) is 8.67. The Morgan fingerprint density at radius 3 is 2.45 bits per heavy atom. The van der Waals surface area contributed by atoms with Crippen LogP contribution in [0.1, 0.15) is 21.6 Å². The Morgan fingerprint density at radius 1 is 0.974 bits per heavy atom. The summed E-state index contributed by atoms with van der Waals surface area (Å²) in [5.74, 6) is -1.23. The maximum atomic E-state index is 13.5. The van der Waals surface area contributed by atoms with E-state index < -0.39 is 23.5 Å². The number of hydrogen-bond acceptors (Lipinski definition) is 6. The fourth-order valence-electron chi connectivity index (χ4n) is 3.99. The van der Waals surface area contributed by atoms with Gasteiger partial charge in [0.05, 0.1) is 41.7 Å². The molecule has 0 bridgehead atoms. The highest BCUT2D eigenvalue weighted by molar-refractivity contribution is 6.04. The molecule has 1 N–H and O–H groups in total. The van der Waals surface area contributed by atoms with Crippen LogP contribution < -0.4 is 10.1 Å². The van der Waals surface area contributed by atoms with Gasteiger partial charge in [-0.3, -0.25) is 14.7 Å². The highest BCUT2D eigenvalue weighted by atomic mass is 19.4. The molecular weight excluding hydrogens is 504 g/mol. The van der Waals surface area contributed by atoms with Gasteiger partial charge < -0.3 is 14.8 Å². The lowest BCUT2D eigenvalue weighted by atomic mass is 10.1. The fraction of sp³-hybridized carbons (Fsp3) is 0.222. The lowest BCUT2D eigenvalue weighted by Crippen LogP contribution is -2.35. The van der Waals surface area contributed by atoms with Gasteiger partial charge in [0, 0.05) is 37.0 Å². The van der Waals surface area contributed by atoms with Gasteiger partial charge in [0.25, 0.3) is 5.91 Å². The Morgan fingerprint density at radius 2 is 1.71 bits per heavy atom. The molecule has 3 aromatic carbocycles. The molecule has 7 nitrogen and oxygen atoms in total. The van der Waals surface area contributed by atoms with E-state index in [9.17, 15) is 22.4 Å². The number of carbonyl (C=O) groups is 1. The molecule has 0 radical (unpaired) electrons. The van der Waals surface area contributed by atoms with Crippen molar-refractivity contribution < 1.29 is 31.8 Å². The predicted molar refractivity (Wildman–Crippen MR) is 132 cm³/mol. The van der Waals surface area contributed by atoms with Crippen molar-refractivity contribution in [3.05, 3.63) is 89.5 Å². The molecule has 4 aromatic rings. The van der Waals surface area contributed by atoms with E-state index in [1.807, 2.05) is 6.07 Å². The highest BCUT2D eigenvalue weighted by Crippen LogP contribution is 2.32. The number of morpholine rings is 1. The molecule has 2 heterocycles. The van der Waals surface area contributed by atoms with E-state index in [4.69, 9.17) is 14.5 Å². The summed E-state index contributed by atoms with van der Waals surface area (Å²) in [6, 6.07) is 13.7. The molecule has 0 unspecified atom stereocenters. The van der Waals surface area contributed by atoms with E-state index in [0.717, 1.165) is 30.4 Å². The number of hydrogen-bond donors (Lipinski definition) is 1. The molecule has 0 saturated carbocycles. The van der Waals surface area contributed by atoms with Crippen LogP contribution in [0.4, 0.5) is 23.2 Å². The Kier molecular flexibility index (Phi) is 7.21. The Bertz CT molecular complexity index is 1460. The molecular formula is C27H22F4N4O3. The number of carbonyl (C=O) groups excluding carboxylic acids is 1. The van der Waals surface area contributed by atoms with E-state index >= 15 is 0 Å². The Balaban J connectivity index is 1.25. The van der Waals surface area contributed by atoms with Crippen LogP contribution in [-0.4, -0.2) is 47.1 Å². The Labute approximate surface area is 215 Å². The van der Waals surface area contributed by atoms with Crippen molar-refractivity contribution in [2.24, 2.45) is 0 Å². The summed E-state index contributed by atoms with van der Waals surface area (Å²) < 4.78 is 63.6. The van der Waals surface area contributed by atoms with Crippen molar-refractivity contribution in [1.82, 2.24) is 14.9 Å². The van der Waals surface area contributed by atoms with E-state index in [1.165, 1.54) is 0 Å². The standard InChI is InChI=1S/C27H22F4N4O3/c28-23-7-1-17(13-22(23)27(29,30)31)26(36)34-18-2-4-20(5-3-18)38-21-6-8-24-25(14-21)33-19(15-32-24)16-35-9-11-37-12-10-35/h1-8,13-15H,9-12,16H2,(H,34,36). The average molecular weight is 526 g/mol. The molecule has 1 saturated heterocycles. The Hall–Kier alpha value is -4.09. The molecule has 0 spiro atoms. The highest BCUT2D eigenvalue weighted by Gasteiger charge is 2.34. The lowest BCUT2D eigenvalue weighted by molar-refractivity contribution is -0.140. The van der Waals surface area contributed by atoms with Gasteiger partial charge in [-0.25, -0.2) is 9.37 Å². The minimum absolute atomic E-state index is 0.315. The fourth-order valence-corrected chi connectivity index (χ4v) is 3.99. The van der Waals surface area contributed by atoms with Crippen molar-refractivity contribution in [1.29, 1.82) is 0 Å². The van der Waals surface area contributed by atoms with Gasteiger partial charge in [0.1, 0.15) is 17.3 Å². The third-order valence-corrected chi connectivity index (χ3v) is 5.93. The molecule has 1 aliphatic heterocycles. The van der Waals surface area contributed by atoms with Gasteiger partial charge in [-0.2, -0.15) is 13.2 Å². The van der Waals surface area contributed by atoms with Gasteiger partial charge in [0.15, 0.2) is 0 Å². The maximum Gasteiger partial charge on any atom is 0.419 e. The van der Waals surface area contributed by atoms with Crippen LogP contribution in [-0.2, 0) is 17.5 Å². The van der Waals surface area contributed by atoms with Gasteiger partial charge in [-0.1, -0.05) is 0 Å². The first-order valence-corrected chi connectivity index (χ1v) is 11.8. The summed E-state index contributed by atoms with van der Waals surface area (Å²) in [5.41, 5.74) is 0.786. The SMILES string of the molecule is O=C(Nc1ccc(Oc2ccc3ncc(CN4CCOCC4)nc3c2)cc1)c1ccc(F)c(C(F)(F)F)c1. The number of aromatic nitrogens is 2. The van der Waals surface area contributed by atoms with Gasteiger partial charge in [-0.15, -0.1) is 0 Å². The number of amides is 1. The third-order valence-electron chi connectivity index (χ3n) is 5.93. The number of halogens is 4. The van der Waals surface area contributed by atoms with Crippen LogP contribution in [0.2, 0.25) is 0 Å². The topological polar surface area (TPSA) is 76.6 Å². The summed E-state index contributed by atoms with van der Waals surface area (Å²) in [6.45, 7) is 3.77. The summed E-state index contributed by atoms with van der Waals surface area (Å²) >= 11 is 0. The van der Waals surface area contributed by atoms with E-state index in [1.54, 1.807) is 42.6 Å². The van der Waals surface area contributed by atoms with E-state index in [2.05, 4.69) is 15.2 Å².